The van der Waals surface area contributed by atoms with Crippen molar-refractivity contribution in [1.82, 2.24) is 14.7 Å². The summed E-state index contributed by atoms with van der Waals surface area (Å²) in [5.41, 5.74) is -0.754. The molecule has 5 aromatic carbocycles. The summed E-state index contributed by atoms with van der Waals surface area (Å²) < 4.78 is 68.5. The smallest absolute Gasteiger partial charge is 0.294 e. The van der Waals surface area contributed by atoms with E-state index in [1.807, 2.05) is 0 Å². The van der Waals surface area contributed by atoms with E-state index in [-0.39, 0.29) is 67.8 Å². The highest BCUT2D eigenvalue weighted by Crippen LogP contribution is 2.57. The van der Waals surface area contributed by atoms with Gasteiger partial charge in [0.2, 0.25) is 5.78 Å². The van der Waals surface area contributed by atoms with Gasteiger partial charge in [0.15, 0.2) is 40.2 Å². The van der Waals surface area contributed by atoms with Crippen LogP contribution < -0.4 is 26.2 Å². The molecule has 32 nitrogen and oxygen atoms in total. The molecule has 7 atom stereocenters. The molecule has 1 amide bonds. The first-order chi connectivity index (χ1) is 46.9. The number of carboxylic acid groups (broad SMARTS) is 4. The molecule has 0 spiro atoms. The third-order valence-corrected chi connectivity index (χ3v) is 19.6. The number of allylic oxidation sites excluding steroid dienone is 3. The van der Waals surface area contributed by atoms with Crippen LogP contribution in [0, 0.1) is 24.7 Å². The maximum Gasteiger partial charge on any atom is 0.294 e. The van der Waals surface area contributed by atoms with Crippen LogP contribution in [0.25, 0.3) is 5.76 Å². The minimum absolute atomic E-state index is 0.0208. The number of phenols is 4. The average Bonchev–Trinajstić information content (AvgIpc) is 0.690. The van der Waals surface area contributed by atoms with Crippen molar-refractivity contribution in [3.8, 4) is 23.0 Å². The van der Waals surface area contributed by atoms with E-state index in [1.54, 1.807) is 0 Å². The normalized spacial score (nSPS) is 21.2. The zero-order chi connectivity index (χ0) is 75.4. The molecule has 1 fully saturated rings. The standard InChI is InChI=1S/C31H34N2O13S.C22H24N2O8.C14H8O7S/c1-17-7-19(9-21(30(17)42)11-32(13-25(34)35)14-26(36)37)29(23-5-3-4-6-24(23)47(44,45)46)20-8-18(2)31(43)22(10-20)12-33(15-27(38)39)16-28(40)41;1-21(31)8-5-4-6-11(25)12(8)16(26)13-9(21)7-10-15(24(2)3)17(27)14(20(23)30)19(29)22(10,32)18(13)28;15-11-6-3-1-2-4-7(6)12(16)10-8(11)5-9(22(19,20)21)13(17)14(10)18/h3-10,19,29,43H,11-16H2,1-2H3,(H,34,35)(H,36,37)(H,38,39)(H,40,41)(H,44,45,46);4-6,9-10,15,25-26,29,31-32H,7H2,1-3H3,(H2,23,30);1-5,17-18H,(H,19,20,21)/p-5/t;9-,10-,15-,21+,22-;/m.0./s1. The summed E-state index contributed by atoms with van der Waals surface area (Å²) in [4.78, 5) is 123. The van der Waals surface area contributed by atoms with Gasteiger partial charge in [-0.05, 0) is 87.3 Å². The van der Waals surface area contributed by atoms with Gasteiger partial charge >= 0.3 is 0 Å². The van der Waals surface area contributed by atoms with Gasteiger partial charge in [-0.25, -0.2) is 8.42 Å². The van der Waals surface area contributed by atoms with Gasteiger partial charge in [0, 0.05) is 96.3 Å². The number of aliphatic carboxylic acids is 4. The quantitative estimate of drug-likeness (QED) is 0.0215. The summed E-state index contributed by atoms with van der Waals surface area (Å²) in [6.45, 7) is 0.0799. The molecule has 5 aromatic rings. The summed E-state index contributed by atoms with van der Waals surface area (Å²) in [7, 11) is -6.97. The molecule has 0 bridgehead atoms. The van der Waals surface area contributed by atoms with Crippen molar-refractivity contribution >= 4 is 84.7 Å². The van der Waals surface area contributed by atoms with E-state index < -0.39 is 220 Å². The number of likely N-dealkylation sites (N-methyl/N-ethyl adjacent to an activating group) is 1. The number of primary amides is 1. The van der Waals surface area contributed by atoms with Crippen molar-refractivity contribution in [2.75, 3.05) is 46.8 Å². The SMILES string of the molecule is CC1=CC(C(c2cc(C)c(O)c(CN(CC(=O)[O-])CC(=O)[O-])c2)c2ccccc2S(=O)(=O)O)C=C(CN(CC(=O)[O-])CC(=O)[O-])C1=O.CN(C)[C@@H]1C(=O)C(C(N)=O)=C(O)[C@@]2(O)C(=O)C3=C(O)c4c(O)cccc4[C@@](C)(O)[C@H]3C[C@@H]12.O=C1c2ccccc2C(=O)c2c1cc(S(=O)(=O)[O-])c(O)c2O. The molecule has 10 rings (SSSR count). The number of carbonyl (C=O) groups excluding carboxylic acids is 10. The molecular weight excluding hydrogens is 1370 g/mol. The van der Waals surface area contributed by atoms with E-state index in [4.69, 9.17) is 5.73 Å². The van der Waals surface area contributed by atoms with Crippen LogP contribution in [-0.2, 0) is 70.7 Å². The highest BCUT2D eigenvalue weighted by atomic mass is 32.2. The van der Waals surface area contributed by atoms with E-state index in [9.17, 15) is 135 Å². The lowest BCUT2D eigenvalue weighted by Gasteiger charge is -2.53. The number of aliphatic hydroxyl groups excluding tert-OH is 2. The van der Waals surface area contributed by atoms with Crippen molar-refractivity contribution in [3.63, 3.8) is 0 Å². The molecule has 0 radical (unpaired) electrons. The molecule has 0 aliphatic heterocycles. The summed E-state index contributed by atoms with van der Waals surface area (Å²) in [6, 6.07) is 17.7. The highest BCUT2D eigenvalue weighted by Gasteiger charge is 2.66. The topological polar surface area (TPSA) is 572 Å². The number of Topliss-reactive ketones (excluding diaryl/α,β-unsaturated/α-hetero) is 3. The van der Waals surface area contributed by atoms with Crippen LogP contribution in [0.5, 0.6) is 23.0 Å². The Bertz CT molecular complexity index is 4770. The molecule has 5 aliphatic carbocycles. The lowest BCUT2D eigenvalue weighted by molar-refractivity contribution is -0.313. The zero-order valence-corrected chi connectivity index (χ0v) is 55.2. The van der Waals surface area contributed by atoms with Gasteiger partial charge in [-0.1, -0.05) is 78.9 Å². The second-order valence-electron chi connectivity index (χ2n) is 24.7. The van der Waals surface area contributed by atoms with Crippen LogP contribution in [-0.4, -0.2) is 199 Å². The van der Waals surface area contributed by atoms with Gasteiger partial charge in [0.05, 0.1) is 51.5 Å². The molecule has 5 aliphatic rings. The van der Waals surface area contributed by atoms with Gasteiger partial charge in [-0.2, -0.15) is 8.42 Å². The molecular formula is C67H61N4O28S2-5. The lowest BCUT2D eigenvalue weighted by Crippen LogP contribution is -2.67. The van der Waals surface area contributed by atoms with Gasteiger partial charge in [-0.3, -0.25) is 48.0 Å². The number of hydrogen-bond acceptors (Lipinski definition) is 30. The van der Waals surface area contributed by atoms with Crippen LogP contribution in [0.1, 0.15) is 91.4 Å². The molecule has 0 saturated heterocycles. The minimum Gasteiger partial charge on any atom is -0.744 e. The number of phenolic OH excluding ortho intramolecular Hbond substituents is 4. The highest BCUT2D eigenvalue weighted by molar-refractivity contribution is 7.86. The van der Waals surface area contributed by atoms with Crippen LogP contribution in [0.15, 0.2) is 135 Å². The number of aryl methyl sites for hydroxylation is 1. The van der Waals surface area contributed by atoms with E-state index in [1.165, 1.54) is 125 Å². The number of fused-ring (bicyclic) bond motifs is 5. The molecule has 534 valence electrons. The Kier molecular flexibility index (Phi) is 21.4. The molecule has 11 N–H and O–H groups in total. The third kappa shape index (κ3) is 14.6. The Hall–Kier alpha value is -10.8. The summed E-state index contributed by atoms with van der Waals surface area (Å²) in [5.74, 6) is -21.0. The number of amides is 1. The van der Waals surface area contributed by atoms with E-state index >= 15 is 0 Å². The molecule has 1 saturated carbocycles. The van der Waals surface area contributed by atoms with E-state index in [0.717, 1.165) is 15.9 Å². The zero-order valence-electron chi connectivity index (χ0n) is 53.6. The molecule has 34 heteroatoms. The summed E-state index contributed by atoms with van der Waals surface area (Å²) in [5, 5.41) is 130. The fourth-order valence-electron chi connectivity index (χ4n) is 13.5. The van der Waals surface area contributed by atoms with Gasteiger partial charge in [-0.15, -0.1) is 0 Å². The van der Waals surface area contributed by atoms with Crippen LogP contribution in [0.3, 0.4) is 0 Å². The number of rotatable bonds is 19. The number of aliphatic hydroxyl groups is 4. The van der Waals surface area contributed by atoms with Crippen molar-refractivity contribution in [3.05, 3.63) is 181 Å². The first-order valence-corrected chi connectivity index (χ1v) is 32.7. The largest absolute Gasteiger partial charge is 0.744 e. The summed E-state index contributed by atoms with van der Waals surface area (Å²) in [6.07, 6.45) is 2.70. The number of nitrogens with two attached hydrogens (primary N) is 1. The van der Waals surface area contributed by atoms with Crippen molar-refractivity contribution in [1.29, 1.82) is 0 Å². The summed E-state index contributed by atoms with van der Waals surface area (Å²) >= 11 is 0. The molecule has 0 heterocycles. The number of nitrogens with zero attached hydrogens (tertiary/aromatic N) is 3. The number of carbonyl (C=O) groups is 10. The number of hydrogen-bond donors (Lipinski definition) is 10. The fourth-order valence-corrected chi connectivity index (χ4v) is 14.8. The van der Waals surface area contributed by atoms with E-state index in [2.05, 4.69) is 0 Å². The Morgan fingerprint density at radius 2 is 1.20 bits per heavy atom. The average molecular weight is 1430 g/mol. The lowest BCUT2D eigenvalue weighted by atomic mass is 9.54. The monoisotopic (exact) mass is 1430 g/mol. The first kappa shape index (κ1) is 75.9. The van der Waals surface area contributed by atoms with Gasteiger partial charge < -0.3 is 90.7 Å². The Morgan fingerprint density at radius 1 is 0.653 bits per heavy atom. The van der Waals surface area contributed by atoms with Crippen molar-refractivity contribution in [2.45, 2.75) is 66.7 Å². The number of aromatic hydroxyl groups is 4. The van der Waals surface area contributed by atoms with Gasteiger partial charge in [0.25, 0.3) is 16.0 Å². The second-order valence-corrected chi connectivity index (χ2v) is 27.4. The predicted molar refractivity (Wildman–Crippen MR) is 334 cm³/mol. The first-order valence-electron chi connectivity index (χ1n) is 29.9. The second kappa shape index (κ2) is 28.4. The Balaban J connectivity index is 0.000000206. The van der Waals surface area contributed by atoms with Crippen molar-refractivity contribution in [2.24, 2.45) is 23.5 Å². The fraction of sp³-hybridized carbons (Fsp3) is 0.284. The maximum absolute atomic E-state index is 13.7. The molecule has 0 aromatic heterocycles. The van der Waals surface area contributed by atoms with Crippen LogP contribution in [0.2, 0.25) is 0 Å². The van der Waals surface area contributed by atoms with Crippen LogP contribution >= 0.6 is 0 Å². The number of ketones is 5. The Morgan fingerprint density at radius 3 is 1.73 bits per heavy atom. The van der Waals surface area contributed by atoms with E-state index in [0.29, 0.717) is 6.07 Å². The van der Waals surface area contributed by atoms with Gasteiger partial charge in [0.1, 0.15) is 43.6 Å². The minimum atomic E-state index is -5.13. The Labute approximate surface area is 572 Å². The molecule has 101 heavy (non-hydrogen) atoms. The third-order valence-electron chi connectivity index (χ3n) is 17.8. The number of benzene rings is 5. The van der Waals surface area contributed by atoms with Crippen LogP contribution in [0.4, 0.5) is 0 Å². The number of carboxylic acids is 4. The van der Waals surface area contributed by atoms with Crippen molar-refractivity contribution < 1.29 is 135 Å². The maximum atomic E-state index is 13.7. The predicted octanol–water partition coefficient (Wildman–Crippen LogP) is -3.34. The molecule has 2 unspecified atom stereocenters.